The fourth-order valence-electron chi connectivity index (χ4n) is 1.99. The van der Waals surface area contributed by atoms with Crippen LogP contribution in [0, 0.1) is 0 Å². The molecule has 1 atom stereocenters. The van der Waals surface area contributed by atoms with Gasteiger partial charge in [0, 0.05) is 6.54 Å². The minimum Gasteiger partial charge on any atom is -0.493 e. The fourth-order valence-corrected chi connectivity index (χ4v) is 2.84. The van der Waals surface area contributed by atoms with Crippen molar-refractivity contribution in [1.29, 1.82) is 0 Å². The molecule has 0 bridgehead atoms. The predicted molar refractivity (Wildman–Crippen MR) is 85.9 cm³/mol. The van der Waals surface area contributed by atoms with Crippen LogP contribution in [0.2, 0.25) is 0 Å². The molecule has 0 saturated carbocycles. The Kier molecular flexibility index (Phi) is 6.27. The maximum atomic E-state index is 12.2. The lowest BCUT2D eigenvalue weighted by Crippen LogP contribution is -2.18. The standard InChI is InChI=1S/C16H16F3NO4S/c1-22-14-8-3-11(9-15(14)23-2)10-20-25(21)13-6-4-12(5-7-13)24-16(17,18)19/h3-9,20H,10H2,1-2H3. The maximum Gasteiger partial charge on any atom is 0.573 e. The van der Waals surface area contributed by atoms with Gasteiger partial charge in [-0.15, -0.1) is 13.2 Å². The van der Waals surface area contributed by atoms with Crippen molar-refractivity contribution in [3.63, 3.8) is 0 Å². The highest BCUT2D eigenvalue weighted by atomic mass is 32.2. The molecule has 2 aromatic rings. The lowest BCUT2D eigenvalue weighted by atomic mass is 10.2. The molecule has 2 aromatic carbocycles. The SMILES string of the molecule is COc1ccc(CNS(=O)c2ccc(OC(F)(F)F)cc2)cc1OC. The Hall–Kier alpha value is -2.26. The van der Waals surface area contributed by atoms with Gasteiger partial charge in [-0.3, -0.25) is 0 Å². The highest BCUT2D eigenvalue weighted by Gasteiger charge is 2.31. The van der Waals surface area contributed by atoms with Crippen molar-refractivity contribution in [3.8, 4) is 17.2 Å². The number of nitrogens with one attached hydrogen (secondary N) is 1. The van der Waals surface area contributed by atoms with Crippen molar-refractivity contribution in [2.75, 3.05) is 14.2 Å². The van der Waals surface area contributed by atoms with Crippen molar-refractivity contribution < 1.29 is 31.6 Å². The van der Waals surface area contributed by atoms with Crippen LogP contribution in [0.15, 0.2) is 47.4 Å². The van der Waals surface area contributed by atoms with E-state index in [1.807, 2.05) is 0 Å². The molecule has 0 aliphatic heterocycles. The second-order valence-corrected chi connectivity index (χ2v) is 6.10. The van der Waals surface area contributed by atoms with Crippen LogP contribution < -0.4 is 18.9 Å². The van der Waals surface area contributed by atoms with E-state index in [-0.39, 0.29) is 12.3 Å². The van der Waals surface area contributed by atoms with Crippen LogP contribution in [0.3, 0.4) is 0 Å². The third-order valence-corrected chi connectivity index (χ3v) is 4.23. The van der Waals surface area contributed by atoms with Gasteiger partial charge in [0.15, 0.2) is 11.5 Å². The van der Waals surface area contributed by atoms with Crippen LogP contribution in [0.25, 0.3) is 0 Å². The van der Waals surface area contributed by atoms with E-state index >= 15 is 0 Å². The lowest BCUT2D eigenvalue weighted by molar-refractivity contribution is -0.274. The minimum absolute atomic E-state index is 0.272. The summed E-state index contributed by atoms with van der Waals surface area (Å²) in [6.07, 6.45) is -4.76. The van der Waals surface area contributed by atoms with Gasteiger partial charge < -0.3 is 14.2 Å². The van der Waals surface area contributed by atoms with Gasteiger partial charge in [0.2, 0.25) is 0 Å². The molecule has 25 heavy (non-hydrogen) atoms. The highest BCUT2D eigenvalue weighted by molar-refractivity contribution is 7.83. The zero-order valence-corrected chi connectivity index (χ0v) is 14.2. The topological polar surface area (TPSA) is 56.8 Å². The van der Waals surface area contributed by atoms with Crippen molar-refractivity contribution >= 4 is 11.0 Å². The van der Waals surface area contributed by atoms with Gasteiger partial charge in [0.25, 0.3) is 0 Å². The number of hydrogen-bond acceptors (Lipinski definition) is 4. The molecule has 0 saturated heterocycles. The summed E-state index contributed by atoms with van der Waals surface area (Å²) in [5.41, 5.74) is 0.808. The summed E-state index contributed by atoms with van der Waals surface area (Å²) in [5.74, 6) is 0.752. The molecular weight excluding hydrogens is 359 g/mol. The van der Waals surface area contributed by atoms with Crippen LogP contribution >= 0.6 is 0 Å². The van der Waals surface area contributed by atoms with Gasteiger partial charge in [-0.05, 0) is 42.0 Å². The molecule has 1 N–H and O–H groups in total. The molecule has 0 heterocycles. The van der Waals surface area contributed by atoms with Gasteiger partial charge in [-0.1, -0.05) is 6.07 Å². The van der Waals surface area contributed by atoms with Gasteiger partial charge in [0.05, 0.1) is 19.1 Å². The van der Waals surface area contributed by atoms with Crippen LogP contribution in [-0.2, 0) is 17.5 Å². The van der Waals surface area contributed by atoms with Crippen LogP contribution in [0.5, 0.6) is 17.2 Å². The van der Waals surface area contributed by atoms with Crippen molar-refractivity contribution in [1.82, 2.24) is 4.72 Å². The Morgan fingerprint density at radius 3 is 2.20 bits per heavy atom. The summed E-state index contributed by atoms with van der Waals surface area (Å²) in [5, 5.41) is 0. The van der Waals surface area contributed by atoms with E-state index in [0.717, 1.165) is 17.7 Å². The second kappa shape index (κ2) is 8.21. The monoisotopic (exact) mass is 375 g/mol. The number of halogens is 3. The van der Waals surface area contributed by atoms with Crippen molar-refractivity contribution in [2.45, 2.75) is 17.8 Å². The molecular formula is C16H16F3NO4S. The summed E-state index contributed by atoms with van der Waals surface area (Å²) in [7, 11) is 1.45. The highest BCUT2D eigenvalue weighted by Crippen LogP contribution is 2.27. The number of ether oxygens (including phenoxy) is 3. The first kappa shape index (κ1) is 19.1. The summed E-state index contributed by atoms with van der Waals surface area (Å²) in [6, 6.07) is 10.1. The molecule has 136 valence electrons. The van der Waals surface area contributed by atoms with Crippen molar-refractivity contribution in [2.24, 2.45) is 0 Å². The summed E-state index contributed by atoms with van der Waals surface area (Å²) < 4.78 is 65.4. The van der Waals surface area contributed by atoms with Gasteiger partial charge in [-0.2, -0.15) is 0 Å². The Morgan fingerprint density at radius 1 is 1.00 bits per heavy atom. The zero-order chi connectivity index (χ0) is 18.4. The fraction of sp³-hybridized carbons (Fsp3) is 0.250. The molecule has 0 radical (unpaired) electrons. The van der Waals surface area contributed by atoms with Crippen LogP contribution in [0.1, 0.15) is 5.56 Å². The number of rotatable bonds is 7. The number of hydrogen-bond donors (Lipinski definition) is 1. The molecule has 0 aromatic heterocycles. The van der Waals surface area contributed by atoms with E-state index in [1.54, 1.807) is 18.2 Å². The first-order chi connectivity index (χ1) is 11.8. The van der Waals surface area contributed by atoms with Gasteiger partial charge in [0.1, 0.15) is 16.7 Å². The number of alkyl halides is 3. The molecule has 0 aliphatic rings. The van der Waals surface area contributed by atoms with Crippen LogP contribution in [-0.4, -0.2) is 24.8 Å². The first-order valence-electron chi connectivity index (χ1n) is 7.04. The molecule has 0 fully saturated rings. The maximum absolute atomic E-state index is 12.2. The van der Waals surface area contributed by atoms with E-state index in [9.17, 15) is 17.4 Å². The zero-order valence-electron chi connectivity index (χ0n) is 13.4. The molecule has 9 heteroatoms. The Balaban J connectivity index is 1.98. The van der Waals surface area contributed by atoms with E-state index in [1.165, 1.54) is 26.4 Å². The third kappa shape index (κ3) is 5.64. The quantitative estimate of drug-likeness (QED) is 0.806. The van der Waals surface area contributed by atoms with Crippen LogP contribution in [0.4, 0.5) is 13.2 Å². The van der Waals surface area contributed by atoms with E-state index in [2.05, 4.69) is 9.46 Å². The number of methoxy groups -OCH3 is 2. The second-order valence-electron chi connectivity index (χ2n) is 4.80. The van der Waals surface area contributed by atoms with Crippen molar-refractivity contribution in [3.05, 3.63) is 48.0 Å². The normalized spacial score (nSPS) is 12.5. The average molecular weight is 375 g/mol. The molecule has 2 rings (SSSR count). The summed E-state index contributed by atoms with van der Waals surface area (Å²) >= 11 is 0. The van der Waals surface area contributed by atoms with E-state index < -0.39 is 17.3 Å². The molecule has 0 aliphatic carbocycles. The molecule has 5 nitrogen and oxygen atoms in total. The lowest BCUT2D eigenvalue weighted by Gasteiger charge is -2.11. The minimum atomic E-state index is -4.76. The Labute approximate surface area is 145 Å². The smallest absolute Gasteiger partial charge is 0.493 e. The first-order valence-corrected chi connectivity index (χ1v) is 8.19. The van der Waals surface area contributed by atoms with Gasteiger partial charge >= 0.3 is 6.36 Å². The van der Waals surface area contributed by atoms with Gasteiger partial charge in [-0.25, -0.2) is 8.93 Å². The largest absolute Gasteiger partial charge is 0.573 e. The molecule has 0 spiro atoms. The van der Waals surface area contributed by atoms with E-state index in [0.29, 0.717) is 16.4 Å². The van der Waals surface area contributed by atoms with E-state index in [4.69, 9.17) is 9.47 Å². The third-order valence-electron chi connectivity index (χ3n) is 3.13. The summed E-state index contributed by atoms with van der Waals surface area (Å²) in [4.78, 5) is 0.329. The predicted octanol–water partition coefficient (Wildman–Crippen LogP) is 3.41. The molecule has 0 amide bonds. The average Bonchev–Trinajstić information content (AvgIpc) is 2.58. The Morgan fingerprint density at radius 2 is 1.64 bits per heavy atom. The Bertz CT molecular complexity index is 735. The number of benzene rings is 2. The summed E-state index contributed by atoms with van der Waals surface area (Å²) in [6.45, 7) is 0.272. The molecule has 1 unspecified atom stereocenters.